The van der Waals surface area contributed by atoms with Crippen molar-refractivity contribution in [1.82, 2.24) is 0 Å². The van der Waals surface area contributed by atoms with Gasteiger partial charge in [0.15, 0.2) is 6.10 Å². The number of rotatable bonds is 5. The molecule has 0 aromatic heterocycles. The molecule has 0 unspecified atom stereocenters. The first kappa shape index (κ1) is 25.0. The minimum Gasteiger partial charge on any atom is -0.451 e. The zero-order chi connectivity index (χ0) is 28.1. The second kappa shape index (κ2) is 9.89. The summed E-state index contributed by atoms with van der Waals surface area (Å²) >= 11 is 0. The van der Waals surface area contributed by atoms with E-state index in [0.29, 0.717) is 5.69 Å². The van der Waals surface area contributed by atoms with Crippen LogP contribution in [0.3, 0.4) is 0 Å². The molecule has 2 amide bonds. The molecule has 2 saturated heterocycles. The second-order valence-corrected chi connectivity index (χ2v) is 10.8. The van der Waals surface area contributed by atoms with Crippen molar-refractivity contribution in [3.05, 3.63) is 138 Å². The predicted molar refractivity (Wildman–Crippen MR) is 157 cm³/mol. The molecule has 0 bridgehead atoms. The molecule has 4 aromatic rings. The zero-order valence-electron chi connectivity index (χ0n) is 22.5. The molecule has 41 heavy (non-hydrogen) atoms. The van der Waals surface area contributed by atoms with Crippen molar-refractivity contribution in [2.75, 3.05) is 9.80 Å². The van der Waals surface area contributed by atoms with E-state index in [9.17, 15) is 14.4 Å². The van der Waals surface area contributed by atoms with Crippen LogP contribution >= 0.6 is 0 Å². The number of esters is 1. The monoisotopic (exact) mass is 540 g/mol. The van der Waals surface area contributed by atoms with Crippen LogP contribution in [0.5, 0.6) is 0 Å². The van der Waals surface area contributed by atoms with Crippen LogP contribution in [0.25, 0.3) is 6.08 Å². The van der Waals surface area contributed by atoms with Crippen molar-refractivity contribution in [3.8, 4) is 0 Å². The fourth-order valence-corrected chi connectivity index (χ4v) is 6.50. The fraction of sp³-hybridized carbons (Fsp3) is 0.171. The summed E-state index contributed by atoms with van der Waals surface area (Å²) in [6.45, 7) is 1.95. The third-order valence-electron chi connectivity index (χ3n) is 8.39. The highest BCUT2D eigenvalue weighted by Crippen LogP contribution is 2.49. The summed E-state index contributed by atoms with van der Waals surface area (Å²) in [4.78, 5) is 45.7. The van der Waals surface area contributed by atoms with Crippen molar-refractivity contribution >= 4 is 35.2 Å². The Labute approximate surface area is 238 Å². The summed E-state index contributed by atoms with van der Waals surface area (Å²) < 4.78 is 6.33. The summed E-state index contributed by atoms with van der Waals surface area (Å²) in [6.07, 6.45) is 3.26. The molecule has 0 radical (unpaired) electrons. The van der Waals surface area contributed by atoms with Crippen LogP contribution in [0.1, 0.15) is 28.4 Å². The van der Waals surface area contributed by atoms with Gasteiger partial charge in [0.2, 0.25) is 11.8 Å². The lowest BCUT2D eigenvalue weighted by Crippen LogP contribution is -2.49. The van der Waals surface area contributed by atoms with Crippen molar-refractivity contribution in [1.29, 1.82) is 0 Å². The molecule has 4 atom stereocenters. The van der Waals surface area contributed by atoms with Crippen molar-refractivity contribution in [3.63, 3.8) is 0 Å². The molecule has 2 fully saturated rings. The summed E-state index contributed by atoms with van der Waals surface area (Å²) in [7, 11) is 0. The quantitative estimate of drug-likeness (QED) is 0.239. The van der Waals surface area contributed by atoms with Crippen molar-refractivity contribution in [2.24, 2.45) is 11.8 Å². The normalized spacial score (nSPS) is 22.5. The number of fused-ring (bicyclic) bond motifs is 5. The fourth-order valence-electron chi connectivity index (χ4n) is 6.50. The molecule has 0 N–H and O–H groups in total. The number of hydrogen-bond donors (Lipinski definition) is 0. The Morgan fingerprint density at radius 1 is 0.732 bits per heavy atom. The van der Waals surface area contributed by atoms with Gasteiger partial charge in [-0.3, -0.25) is 9.59 Å². The van der Waals surface area contributed by atoms with Crippen LogP contribution < -0.4 is 9.80 Å². The minimum atomic E-state index is -0.974. The van der Waals surface area contributed by atoms with E-state index in [4.69, 9.17) is 4.74 Å². The van der Waals surface area contributed by atoms with E-state index in [1.54, 1.807) is 12.1 Å². The first-order valence-corrected chi connectivity index (χ1v) is 13.8. The molecule has 0 aliphatic carbocycles. The van der Waals surface area contributed by atoms with Gasteiger partial charge in [-0.15, -0.1) is 0 Å². The van der Waals surface area contributed by atoms with Crippen LogP contribution in [0.4, 0.5) is 11.4 Å². The predicted octanol–water partition coefficient (Wildman–Crippen LogP) is 5.72. The lowest BCUT2D eigenvalue weighted by Gasteiger charge is -2.36. The Kier molecular flexibility index (Phi) is 6.04. The van der Waals surface area contributed by atoms with Gasteiger partial charge < -0.3 is 9.64 Å². The first-order valence-electron chi connectivity index (χ1n) is 13.8. The maximum Gasteiger partial charge on any atom is 0.330 e. The molecule has 6 nitrogen and oxygen atoms in total. The molecule has 3 heterocycles. The van der Waals surface area contributed by atoms with Gasteiger partial charge in [-0.1, -0.05) is 109 Å². The van der Waals surface area contributed by atoms with Crippen LogP contribution in [0.2, 0.25) is 0 Å². The minimum absolute atomic E-state index is 0.291. The molecule has 3 aliphatic heterocycles. The van der Waals surface area contributed by atoms with Gasteiger partial charge >= 0.3 is 5.97 Å². The van der Waals surface area contributed by atoms with Crippen molar-refractivity contribution in [2.45, 2.75) is 25.1 Å². The van der Waals surface area contributed by atoms with E-state index in [2.05, 4.69) is 0 Å². The van der Waals surface area contributed by atoms with E-state index < -0.39 is 36.0 Å². The third kappa shape index (κ3) is 4.06. The third-order valence-corrected chi connectivity index (χ3v) is 8.39. The maximum absolute atomic E-state index is 14.4. The Hall–Kier alpha value is -4.97. The standard InChI is InChI=1S/C35H28N2O4/c1-22-16-19-26(20-17-22)36-33(38)29-28-21-18-23-10-8-9-15-27(23)37(28)31(30(29)34(36)39)35(40)41-32(24-11-4-2-5-12-24)25-13-6-3-7-14-25/h2-21,28-32H,1H3/t28-,29+,30+,31-/m0/s1. The number of hydrogen-bond acceptors (Lipinski definition) is 5. The largest absolute Gasteiger partial charge is 0.451 e. The molecule has 0 spiro atoms. The van der Waals surface area contributed by atoms with Crippen LogP contribution in [0, 0.1) is 18.8 Å². The highest BCUT2D eigenvalue weighted by molar-refractivity contribution is 6.24. The molecule has 6 heteroatoms. The number of para-hydroxylation sites is 1. The maximum atomic E-state index is 14.4. The van der Waals surface area contributed by atoms with Gasteiger partial charge in [0.05, 0.1) is 23.6 Å². The summed E-state index contributed by atoms with van der Waals surface area (Å²) in [5, 5.41) is 0. The molecule has 3 aliphatic rings. The number of imide groups is 1. The number of nitrogens with zero attached hydrogens (tertiary/aromatic N) is 2. The second-order valence-electron chi connectivity index (χ2n) is 10.8. The number of carbonyl (C=O) groups is 3. The average molecular weight is 541 g/mol. The van der Waals surface area contributed by atoms with Crippen molar-refractivity contribution < 1.29 is 19.1 Å². The topological polar surface area (TPSA) is 66.9 Å². The Morgan fingerprint density at radius 3 is 1.98 bits per heavy atom. The SMILES string of the molecule is Cc1ccc(N2C(=O)[C@@H]3[C@H](C2=O)[C@@H]2C=Cc4ccccc4N2[C@@H]3C(=O)OC(c2ccccc2)c2ccccc2)cc1. The summed E-state index contributed by atoms with van der Waals surface area (Å²) in [5.41, 5.74) is 4.94. The van der Waals surface area contributed by atoms with Crippen LogP contribution in [-0.4, -0.2) is 29.9 Å². The van der Waals surface area contributed by atoms with E-state index in [-0.39, 0.29) is 11.8 Å². The lowest BCUT2D eigenvalue weighted by atomic mass is 9.88. The Balaban J connectivity index is 1.32. The number of ether oxygens (including phenoxy) is 1. The van der Waals surface area contributed by atoms with Crippen LogP contribution in [-0.2, 0) is 19.1 Å². The number of aryl methyl sites for hydroxylation is 1. The van der Waals surface area contributed by atoms with Gasteiger partial charge in [0, 0.05) is 5.69 Å². The number of benzene rings is 4. The highest BCUT2D eigenvalue weighted by Gasteiger charge is 2.65. The lowest BCUT2D eigenvalue weighted by molar-refractivity contribution is -0.151. The van der Waals surface area contributed by atoms with Gasteiger partial charge in [0.1, 0.15) is 6.04 Å². The van der Waals surface area contributed by atoms with Crippen LogP contribution in [0.15, 0.2) is 115 Å². The molecular weight excluding hydrogens is 512 g/mol. The summed E-state index contributed by atoms with van der Waals surface area (Å²) in [6, 6.07) is 32.8. The number of amides is 2. The van der Waals surface area contributed by atoms with E-state index in [1.807, 2.05) is 121 Å². The molecule has 202 valence electrons. The van der Waals surface area contributed by atoms with Gasteiger partial charge in [-0.05, 0) is 41.8 Å². The highest BCUT2D eigenvalue weighted by atomic mass is 16.5. The van der Waals surface area contributed by atoms with Gasteiger partial charge in [-0.2, -0.15) is 0 Å². The van der Waals surface area contributed by atoms with E-state index in [0.717, 1.165) is 27.9 Å². The molecule has 7 rings (SSSR count). The number of anilines is 2. The Morgan fingerprint density at radius 2 is 1.32 bits per heavy atom. The smallest absolute Gasteiger partial charge is 0.330 e. The van der Waals surface area contributed by atoms with Gasteiger partial charge in [0.25, 0.3) is 0 Å². The molecule has 4 aromatic carbocycles. The van der Waals surface area contributed by atoms with E-state index in [1.165, 1.54) is 4.90 Å². The zero-order valence-corrected chi connectivity index (χ0v) is 22.5. The first-order chi connectivity index (χ1) is 20.0. The molecular formula is C35H28N2O4. The van der Waals surface area contributed by atoms with Gasteiger partial charge in [-0.25, -0.2) is 9.69 Å². The number of carbonyl (C=O) groups excluding carboxylic acids is 3. The summed E-state index contributed by atoms with van der Waals surface area (Å²) in [5.74, 6) is -2.79. The Bertz CT molecular complexity index is 1630. The average Bonchev–Trinajstić information content (AvgIpc) is 3.49. The molecule has 0 saturated carbocycles. The van der Waals surface area contributed by atoms with E-state index >= 15 is 0 Å².